The van der Waals surface area contributed by atoms with E-state index in [1.54, 1.807) is 6.20 Å². The van der Waals surface area contributed by atoms with Crippen molar-refractivity contribution in [3.63, 3.8) is 0 Å². The van der Waals surface area contributed by atoms with Crippen LogP contribution in [0.5, 0.6) is 0 Å². The van der Waals surface area contributed by atoms with Crippen LogP contribution in [-0.2, 0) is 17.9 Å². The number of para-hydroxylation sites is 1. The van der Waals surface area contributed by atoms with Crippen LogP contribution in [0, 0.1) is 0 Å². The first kappa shape index (κ1) is 17.7. The molecule has 0 aliphatic rings. The van der Waals surface area contributed by atoms with E-state index in [2.05, 4.69) is 5.32 Å². The Morgan fingerprint density at radius 3 is 2.07 bits per heavy atom. The van der Waals surface area contributed by atoms with Crippen LogP contribution < -0.4 is 5.32 Å². The third-order valence-electron chi connectivity index (χ3n) is 4.73. The molecule has 0 atom stereocenters. The Kier molecular flexibility index (Phi) is 5.02. The number of fused-ring (bicyclic) bond motifs is 1. The van der Waals surface area contributed by atoms with E-state index in [9.17, 15) is 9.59 Å². The van der Waals surface area contributed by atoms with E-state index < -0.39 is 11.7 Å². The Morgan fingerprint density at radius 2 is 1.36 bits per heavy atom. The van der Waals surface area contributed by atoms with Gasteiger partial charge in [-0.25, -0.2) is 0 Å². The number of hydrogen-bond acceptors (Lipinski definition) is 2. The average Bonchev–Trinajstić information content (AvgIpc) is 3.11. The SMILES string of the molecule is O=C(NCc1ccccc1)C(=O)c1cn(Cc2ccccc2)c2ccccc12. The zero-order valence-corrected chi connectivity index (χ0v) is 15.3. The molecule has 0 fully saturated rings. The van der Waals surface area contributed by atoms with E-state index in [1.165, 1.54) is 0 Å². The molecule has 0 unspecified atom stereocenters. The van der Waals surface area contributed by atoms with Gasteiger partial charge in [-0.15, -0.1) is 0 Å². The first-order valence-electron chi connectivity index (χ1n) is 9.20. The monoisotopic (exact) mass is 368 g/mol. The minimum atomic E-state index is -0.591. The third kappa shape index (κ3) is 3.71. The molecule has 1 N–H and O–H groups in total. The fourth-order valence-corrected chi connectivity index (χ4v) is 3.32. The van der Waals surface area contributed by atoms with Gasteiger partial charge in [0, 0.05) is 30.2 Å². The van der Waals surface area contributed by atoms with E-state index >= 15 is 0 Å². The van der Waals surface area contributed by atoms with E-state index in [-0.39, 0.29) is 0 Å². The summed E-state index contributed by atoms with van der Waals surface area (Å²) in [5.41, 5.74) is 3.45. The van der Waals surface area contributed by atoms with Gasteiger partial charge >= 0.3 is 0 Å². The zero-order valence-electron chi connectivity index (χ0n) is 15.3. The number of rotatable bonds is 6. The fourth-order valence-electron chi connectivity index (χ4n) is 3.32. The summed E-state index contributed by atoms with van der Waals surface area (Å²) in [5.74, 6) is -1.11. The lowest BCUT2D eigenvalue weighted by atomic mass is 10.1. The van der Waals surface area contributed by atoms with Crippen molar-refractivity contribution in [1.29, 1.82) is 0 Å². The number of amides is 1. The predicted molar refractivity (Wildman–Crippen MR) is 110 cm³/mol. The Morgan fingerprint density at radius 1 is 0.750 bits per heavy atom. The zero-order chi connectivity index (χ0) is 19.3. The molecule has 0 aliphatic carbocycles. The lowest BCUT2D eigenvalue weighted by molar-refractivity contribution is -0.117. The molecule has 1 heterocycles. The normalized spacial score (nSPS) is 10.7. The fraction of sp³-hybridized carbons (Fsp3) is 0.0833. The maximum Gasteiger partial charge on any atom is 0.292 e. The molecule has 0 radical (unpaired) electrons. The van der Waals surface area contributed by atoms with Crippen molar-refractivity contribution in [2.24, 2.45) is 0 Å². The first-order chi connectivity index (χ1) is 13.7. The molecular formula is C24H20N2O2. The van der Waals surface area contributed by atoms with Gasteiger partial charge in [0.1, 0.15) is 0 Å². The summed E-state index contributed by atoms with van der Waals surface area (Å²) in [6, 6.07) is 27.3. The van der Waals surface area contributed by atoms with Gasteiger partial charge < -0.3 is 9.88 Å². The van der Waals surface area contributed by atoms with Crippen molar-refractivity contribution in [3.8, 4) is 0 Å². The minimum absolute atomic E-state index is 0.327. The van der Waals surface area contributed by atoms with Crippen molar-refractivity contribution >= 4 is 22.6 Å². The maximum atomic E-state index is 12.8. The smallest absolute Gasteiger partial charge is 0.292 e. The molecule has 4 rings (SSSR count). The van der Waals surface area contributed by atoms with Crippen LogP contribution in [0.2, 0.25) is 0 Å². The number of carbonyl (C=O) groups excluding carboxylic acids is 2. The van der Waals surface area contributed by atoms with Gasteiger partial charge in [-0.3, -0.25) is 9.59 Å². The molecule has 1 amide bonds. The van der Waals surface area contributed by atoms with Crippen molar-refractivity contribution in [3.05, 3.63) is 108 Å². The van der Waals surface area contributed by atoms with Crippen LogP contribution in [0.4, 0.5) is 0 Å². The number of ketones is 1. The molecule has 4 heteroatoms. The van der Waals surface area contributed by atoms with Gasteiger partial charge in [-0.05, 0) is 17.2 Å². The van der Waals surface area contributed by atoms with Crippen LogP contribution in [0.15, 0.2) is 91.1 Å². The predicted octanol–water partition coefficient (Wildman–Crippen LogP) is 4.19. The van der Waals surface area contributed by atoms with Gasteiger partial charge in [0.25, 0.3) is 11.7 Å². The lowest BCUT2D eigenvalue weighted by Gasteiger charge is -2.05. The maximum absolute atomic E-state index is 12.8. The molecule has 1 aromatic heterocycles. The van der Waals surface area contributed by atoms with Gasteiger partial charge in [0.2, 0.25) is 0 Å². The molecule has 0 saturated heterocycles. The van der Waals surface area contributed by atoms with Crippen LogP contribution in [-0.4, -0.2) is 16.3 Å². The molecule has 138 valence electrons. The van der Waals surface area contributed by atoms with Crippen molar-refractivity contribution in [1.82, 2.24) is 9.88 Å². The summed E-state index contributed by atoms with van der Waals surface area (Å²) in [5, 5.41) is 3.51. The number of aromatic nitrogens is 1. The number of nitrogens with one attached hydrogen (secondary N) is 1. The molecule has 28 heavy (non-hydrogen) atoms. The molecule has 4 aromatic rings. The van der Waals surface area contributed by atoms with E-state index in [1.807, 2.05) is 89.5 Å². The summed E-state index contributed by atoms with van der Waals surface area (Å²) in [6.45, 7) is 0.967. The number of nitrogens with zero attached hydrogens (tertiary/aromatic N) is 1. The molecular weight excluding hydrogens is 348 g/mol. The Hall–Kier alpha value is -3.66. The lowest BCUT2D eigenvalue weighted by Crippen LogP contribution is -2.30. The van der Waals surface area contributed by atoms with Gasteiger partial charge in [-0.2, -0.15) is 0 Å². The van der Waals surface area contributed by atoms with E-state index in [0.29, 0.717) is 18.7 Å². The molecule has 4 nitrogen and oxygen atoms in total. The van der Waals surface area contributed by atoms with Gasteiger partial charge in [0.05, 0.1) is 5.56 Å². The topological polar surface area (TPSA) is 51.1 Å². The summed E-state index contributed by atoms with van der Waals surface area (Å²) in [4.78, 5) is 25.3. The largest absolute Gasteiger partial charge is 0.345 e. The Bertz CT molecular complexity index is 1120. The summed E-state index contributed by atoms with van der Waals surface area (Å²) >= 11 is 0. The number of benzene rings is 3. The van der Waals surface area contributed by atoms with Gasteiger partial charge in [0.15, 0.2) is 0 Å². The minimum Gasteiger partial charge on any atom is -0.345 e. The van der Waals surface area contributed by atoms with Crippen LogP contribution in [0.25, 0.3) is 10.9 Å². The van der Waals surface area contributed by atoms with Crippen molar-refractivity contribution < 1.29 is 9.59 Å². The number of carbonyl (C=O) groups is 2. The quantitative estimate of drug-likeness (QED) is 0.410. The molecule has 0 aliphatic heterocycles. The molecule has 0 spiro atoms. The molecule has 0 bridgehead atoms. The first-order valence-corrected chi connectivity index (χ1v) is 9.20. The van der Waals surface area contributed by atoms with Crippen molar-refractivity contribution in [2.45, 2.75) is 13.1 Å². The van der Waals surface area contributed by atoms with Crippen LogP contribution >= 0.6 is 0 Å². The van der Waals surface area contributed by atoms with E-state index in [4.69, 9.17) is 0 Å². The Labute approximate surface area is 163 Å². The Balaban J connectivity index is 1.59. The molecule has 0 saturated carbocycles. The van der Waals surface area contributed by atoms with Gasteiger partial charge in [-0.1, -0.05) is 78.9 Å². The van der Waals surface area contributed by atoms with E-state index in [0.717, 1.165) is 22.0 Å². The summed E-state index contributed by atoms with van der Waals surface area (Å²) in [7, 11) is 0. The average molecular weight is 368 g/mol. The van der Waals surface area contributed by atoms with Crippen molar-refractivity contribution in [2.75, 3.05) is 0 Å². The van der Waals surface area contributed by atoms with Crippen LogP contribution in [0.3, 0.4) is 0 Å². The van der Waals surface area contributed by atoms with Crippen LogP contribution in [0.1, 0.15) is 21.5 Å². The second-order valence-corrected chi connectivity index (χ2v) is 6.67. The highest BCUT2D eigenvalue weighted by Crippen LogP contribution is 2.23. The second-order valence-electron chi connectivity index (χ2n) is 6.67. The second kappa shape index (κ2) is 7.92. The number of Topliss-reactive ketones (excluding diaryl/α,β-unsaturated/α-hetero) is 1. The standard InChI is InChI=1S/C24H20N2O2/c27-23(24(28)25-15-18-9-3-1-4-10-18)21-17-26(16-19-11-5-2-6-12-19)22-14-8-7-13-20(21)22/h1-14,17H,15-16H2,(H,25,28). The third-order valence-corrected chi connectivity index (χ3v) is 4.73. The summed E-state index contributed by atoms with van der Waals surface area (Å²) in [6.07, 6.45) is 1.78. The number of hydrogen-bond donors (Lipinski definition) is 1. The highest BCUT2D eigenvalue weighted by atomic mass is 16.2. The highest BCUT2D eigenvalue weighted by Gasteiger charge is 2.21. The highest BCUT2D eigenvalue weighted by molar-refractivity contribution is 6.44. The summed E-state index contributed by atoms with van der Waals surface area (Å²) < 4.78 is 2.02. The molecule has 3 aromatic carbocycles.